The Bertz CT molecular complexity index is 611. The maximum absolute atomic E-state index is 13.0. The zero-order chi connectivity index (χ0) is 15.5. The Hall–Kier alpha value is -2.09. The quantitative estimate of drug-likeness (QED) is 0.919. The zero-order valence-electron chi connectivity index (χ0n) is 11.3. The number of nitrogens with two attached hydrogens (primary N) is 1. The summed E-state index contributed by atoms with van der Waals surface area (Å²) in [7, 11) is 0. The van der Waals surface area contributed by atoms with Crippen LogP contribution in [0.5, 0.6) is 5.75 Å². The summed E-state index contributed by atoms with van der Waals surface area (Å²) >= 11 is 0. The van der Waals surface area contributed by atoms with E-state index in [1.165, 1.54) is 12.1 Å². The van der Waals surface area contributed by atoms with Gasteiger partial charge in [0.15, 0.2) is 12.4 Å². The molecule has 1 aromatic heterocycles. The molecule has 0 atom stereocenters. The third-order valence-electron chi connectivity index (χ3n) is 2.76. The highest BCUT2D eigenvalue weighted by atomic mass is 19.4. The minimum Gasteiger partial charge on any atom is -0.483 e. The molecule has 0 aliphatic carbocycles. The lowest BCUT2D eigenvalue weighted by Gasteiger charge is -2.14. The number of rotatable bonds is 5. The molecule has 0 aliphatic rings. The van der Waals surface area contributed by atoms with Gasteiger partial charge in [0.25, 0.3) is 5.89 Å². The number of aromatic nitrogens is 2. The van der Waals surface area contributed by atoms with Crippen LogP contribution >= 0.6 is 0 Å². The van der Waals surface area contributed by atoms with Gasteiger partial charge in [0.05, 0.1) is 5.56 Å². The fourth-order valence-electron chi connectivity index (χ4n) is 1.68. The molecular formula is C13H14F3N3O2. The molecular weight excluding hydrogens is 287 g/mol. The second-order valence-electron chi connectivity index (χ2n) is 4.28. The van der Waals surface area contributed by atoms with E-state index in [4.69, 9.17) is 15.0 Å². The van der Waals surface area contributed by atoms with E-state index in [-0.39, 0.29) is 24.8 Å². The minimum absolute atomic E-state index is 0.0207. The third kappa shape index (κ3) is 3.72. The molecule has 0 aliphatic heterocycles. The second kappa shape index (κ2) is 6.13. The van der Waals surface area contributed by atoms with Crippen molar-refractivity contribution < 1.29 is 22.4 Å². The molecule has 114 valence electrons. The highest BCUT2D eigenvalue weighted by molar-refractivity contribution is 5.39. The second-order valence-corrected chi connectivity index (χ2v) is 4.28. The van der Waals surface area contributed by atoms with Gasteiger partial charge in [0.2, 0.25) is 0 Å². The van der Waals surface area contributed by atoms with Crippen LogP contribution in [-0.4, -0.2) is 10.1 Å². The van der Waals surface area contributed by atoms with Gasteiger partial charge >= 0.3 is 6.18 Å². The van der Waals surface area contributed by atoms with E-state index >= 15 is 0 Å². The number of aryl methyl sites for hydroxylation is 1. The molecule has 2 aromatic rings. The first-order valence-corrected chi connectivity index (χ1v) is 6.28. The van der Waals surface area contributed by atoms with E-state index in [9.17, 15) is 13.2 Å². The Morgan fingerprint density at radius 3 is 2.67 bits per heavy atom. The Balaban J connectivity index is 2.19. The topological polar surface area (TPSA) is 74.2 Å². The molecule has 0 unspecified atom stereocenters. The first kappa shape index (κ1) is 15.3. The molecule has 21 heavy (non-hydrogen) atoms. The number of benzene rings is 1. The summed E-state index contributed by atoms with van der Waals surface area (Å²) in [6.45, 7) is 1.63. The fourth-order valence-corrected chi connectivity index (χ4v) is 1.68. The normalized spacial score (nSPS) is 11.7. The number of hydrogen-bond donors (Lipinski definition) is 1. The van der Waals surface area contributed by atoms with Crippen LogP contribution in [0, 0.1) is 0 Å². The van der Waals surface area contributed by atoms with Crippen LogP contribution in [0.4, 0.5) is 13.2 Å². The van der Waals surface area contributed by atoms with E-state index in [2.05, 4.69) is 10.1 Å². The molecule has 1 aromatic carbocycles. The predicted octanol–water partition coefficient (Wildman–Crippen LogP) is 2.69. The lowest BCUT2D eigenvalue weighted by molar-refractivity contribution is -0.139. The van der Waals surface area contributed by atoms with Gasteiger partial charge in [0.1, 0.15) is 5.75 Å². The summed E-state index contributed by atoms with van der Waals surface area (Å²) < 4.78 is 48.9. The third-order valence-corrected chi connectivity index (χ3v) is 2.76. The van der Waals surface area contributed by atoms with Crippen LogP contribution in [0.2, 0.25) is 0 Å². The molecule has 0 saturated carbocycles. The van der Waals surface area contributed by atoms with Crippen molar-refractivity contribution in [1.82, 2.24) is 10.1 Å². The summed E-state index contributed by atoms with van der Waals surface area (Å²) in [6.07, 6.45) is -3.95. The van der Waals surface area contributed by atoms with Crippen molar-refractivity contribution in [1.29, 1.82) is 0 Å². The van der Waals surface area contributed by atoms with Crippen LogP contribution in [0.25, 0.3) is 0 Å². The van der Waals surface area contributed by atoms with E-state index in [0.29, 0.717) is 17.8 Å². The van der Waals surface area contributed by atoms with Crippen LogP contribution in [0.15, 0.2) is 22.7 Å². The van der Waals surface area contributed by atoms with E-state index in [1.807, 2.05) is 6.92 Å². The van der Waals surface area contributed by atoms with Crippen molar-refractivity contribution >= 4 is 0 Å². The maximum Gasteiger partial charge on any atom is 0.419 e. The molecule has 0 fully saturated rings. The Morgan fingerprint density at radius 1 is 1.33 bits per heavy atom. The van der Waals surface area contributed by atoms with Gasteiger partial charge in [0, 0.05) is 13.0 Å². The molecule has 2 N–H and O–H groups in total. The number of ether oxygens (including phenoxy) is 1. The average molecular weight is 301 g/mol. The molecule has 5 nitrogen and oxygen atoms in total. The summed E-state index contributed by atoms with van der Waals surface area (Å²) in [5.41, 5.74) is 4.86. The van der Waals surface area contributed by atoms with E-state index in [1.54, 1.807) is 0 Å². The molecule has 1 heterocycles. The lowest BCUT2D eigenvalue weighted by Crippen LogP contribution is -2.10. The largest absolute Gasteiger partial charge is 0.483 e. The van der Waals surface area contributed by atoms with Gasteiger partial charge in [-0.25, -0.2) is 0 Å². The summed E-state index contributed by atoms with van der Waals surface area (Å²) in [4.78, 5) is 3.97. The highest BCUT2D eigenvalue weighted by Gasteiger charge is 2.34. The van der Waals surface area contributed by atoms with Crippen molar-refractivity contribution in [3.63, 3.8) is 0 Å². The van der Waals surface area contributed by atoms with Crippen LogP contribution in [0.1, 0.15) is 29.8 Å². The first-order chi connectivity index (χ1) is 9.94. The first-order valence-electron chi connectivity index (χ1n) is 6.28. The number of nitrogens with zero attached hydrogens (tertiary/aromatic N) is 2. The van der Waals surface area contributed by atoms with Crippen molar-refractivity contribution in [3.8, 4) is 5.75 Å². The van der Waals surface area contributed by atoms with Crippen LogP contribution in [-0.2, 0) is 25.7 Å². The van der Waals surface area contributed by atoms with Crippen LogP contribution in [0.3, 0.4) is 0 Å². The molecule has 2 rings (SSSR count). The molecule has 0 bridgehead atoms. The van der Waals surface area contributed by atoms with Crippen LogP contribution < -0.4 is 10.5 Å². The van der Waals surface area contributed by atoms with E-state index in [0.717, 1.165) is 6.07 Å². The standard InChI is InChI=1S/C13H14F3N3O2/c1-2-11-18-12(21-19-11)7-20-10-4-3-8(6-17)5-9(10)13(14,15)16/h3-5H,2,6-7,17H2,1H3. The molecule has 0 radical (unpaired) electrons. The maximum atomic E-state index is 13.0. The van der Waals surface area contributed by atoms with Crippen molar-refractivity contribution in [2.75, 3.05) is 0 Å². The average Bonchev–Trinajstić information content (AvgIpc) is 2.92. The highest BCUT2D eigenvalue weighted by Crippen LogP contribution is 2.37. The minimum atomic E-state index is -4.52. The molecule has 8 heteroatoms. The molecule has 0 spiro atoms. The van der Waals surface area contributed by atoms with Gasteiger partial charge < -0.3 is 15.0 Å². The summed E-state index contributed by atoms with van der Waals surface area (Å²) in [5.74, 6) is 0.307. The summed E-state index contributed by atoms with van der Waals surface area (Å²) in [6, 6.07) is 3.69. The number of alkyl halides is 3. The Kier molecular flexibility index (Phi) is 4.46. The van der Waals surface area contributed by atoms with E-state index < -0.39 is 11.7 Å². The van der Waals surface area contributed by atoms with Gasteiger partial charge in [-0.2, -0.15) is 18.2 Å². The van der Waals surface area contributed by atoms with Crippen molar-refractivity contribution in [3.05, 3.63) is 41.0 Å². The number of halogens is 3. The van der Waals surface area contributed by atoms with Gasteiger partial charge in [-0.3, -0.25) is 0 Å². The monoisotopic (exact) mass is 301 g/mol. The SMILES string of the molecule is CCc1noc(COc2ccc(CN)cc2C(F)(F)F)n1. The Labute approximate surface area is 118 Å². The number of hydrogen-bond acceptors (Lipinski definition) is 5. The van der Waals surface area contributed by atoms with Gasteiger partial charge in [-0.1, -0.05) is 18.1 Å². The lowest BCUT2D eigenvalue weighted by atomic mass is 10.1. The van der Waals surface area contributed by atoms with Crippen molar-refractivity contribution in [2.45, 2.75) is 32.7 Å². The molecule has 0 saturated heterocycles. The fraction of sp³-hybridized carbons (Fsp3) is 0.385. The van der Waals surface area contributed by atoms with Gasteiger partial charge in [-0.05, 0) is 17.7 Å². The van der Waals surface area contributed by atoms with Crippen molar-refractivity contribution in [2.24, 2.45) is 5.73 Å². The smallest absolute Gasteiger partial charge is 0.419 e. The zero-order valence-corrected chi connectivity index (χ0v) is 11.3. The summed E-state index contributed by atoms with van der Waals surface area (Å²) in [5, 5.41) is 3.64. The van der Waals surface area contributed by atoms with Gasteiger partial charge in [-0.15, -0.1) is 0 Å². The molecule has 0 amide bonds. The Morgan fingerprint density at radius 2 is 2.10 bits per heavy atom. The predicted molar refractivity (Wildman–Crippen MR) is 67.3 cm³/mol.